The van der Waals surface area contributed by atoms with Crippen LogP contribution in [0.4, 0.5) is 0 Å². The Bertz CT molecular complexity index is 454. The number of pyridine rings is 1. The fourth-order valence-electron chi connectivity index (χ4n) is 1.34. The molecule has 1 unspecified atom stereocenters. The van der Waals surface area contributed by atoms with Gasteiger partial charge < -0.3 is 4.98 Å². The number of halogens is 2. The van der Waals surface area contributed by atoms with Crippen LogP contribution in [0.2, 0.25) is 10.2 Å². The van der Waals surface area contributed by atoms with Crippen molar-refractivity contribution in [3.8, 4) is 0 Å². The van der Waals surface area contributed by atoms with Crippen molar-refractivity contribution in [2.75, 3.05) is 0 Å². The summed E-state index contributed by atoms with van der Waals surface area (Å²) in [4.78, 5) is 11.7. The van der Waals surface area contributed by atoms with Crippen molar-refractivity contribution in [1.82, 2.24) is 15.0 Å². The molecule has 2 rings (SSSR count). The van der Waals surface area contributed by atoms with E-state index in [1.54, 1.807) is 6.07 Å². The molecule has 0 bridgehead atoms. The number of imidazole rings is 1. The molecule has 0 aliphatic rings. The standard InChI is InChI=1S/C10H11Cl2N3/c1-3-5(2)9-13-7-4-6(11)8(12)14-10(7)15-9/h4-5H,3H2,1-2H3,(H,13,14,15). The maximum Gasteiger partial charge on any atom is 0.179 e. The topological polar surface area (TPSA) is 41.6 Å². The molecule has 5 heteroatoms. The fourth-order valence-corrected chi connectivity index (χ4v) is 1.63. The molecule has 0 saturated heterocycles. The van der Waals surface area contributed by atoms with Crippen LogP contribution >= 0.6 is 23.2 Å². The number of hydrogen-bond donors (Lipinski definition) is 1. The molecule has 80 valence electrons. The molecule has 0 radical (unpaired) electrons. The molecule has 1 N–H and O–H groups in total. The number of nitrogens with zero attached hydrogens (tertiary/aromatic N) is 2. The van der Waals surface area contributed by atoms with Crippen molar-refractivity contribution in [2.24, 2.45) is 0 Å². The minimum absolute atomic E-state index is 0.298. The SMILES string of the molecule is CCC(C)c1nc2nc(Cl)c(Cl)cc2[nH]1. The van der Waals surface area contributed by atoms with Gasteiger partial charge in [-0.25, -0.2) is 9.97 Å². The first kappa shape index (κ1) is 10.7. The summed E-state index contributed by atoms with van der Waals surface area (Å²) in [5.74, 6) is 1.31. The van der Waals surface area contributed by atoms with Gasteiger partial charge in [-0.15, -0.1) is 0 Å². The Morgan fingerprint density at radius 3 is 2.80 bits per heavy atom. The number of H-pyrrole nitrogens is 1. The van der Waals surface area contributed by atoms with E-state index in [1.807, 2.05) is 0 Å². The van der Waals surface area contributed by atoms with E-state index in [1.165, 1.54) is 0 Å². The molecule has 2 aromatic rings. The van der Waals surface area contributed by atoms with Gasteiger partial charge in [0.15, 0.2) is 5.65 Å². The molecule has 1 atom stereocenters. The zero-order valence-corrected chi connectivity index (χ0v) is 10.0. The first-order chi connectivity index (χ1) is 7.11. The maximum atomic E-state index is 5.87. The number of fused-ring (bicyclic) bond motifs is 1. The van der Waals surface area contributed by atoms with Crippen LogP contribution in [0.15, 0.2) is 6.07 Å². The van der Waals surface area contributed by atoms with Crippen LogP contribution in [0.5, 0.6) is 0 Å². The summed E-state index contributed by atoms with van der Waals surface area (Å²) in [5, 5.41) is 0.745. The summed E-state index contributed by atoms with van der Waals surface area (Å²) in [6.07, 6.45) is 1.03. The summed E-state index contributed by atoms with van der Waals surface area (Å²) in [6.45, 7) is 4.23. The molecule has 0 amide bonds. The smallest absolute Gasteiger partial charge is 0.179 e. The van der Waals surface area contributed by atoms with Gasteiger partial charge in [-0.05, 0) is 12.5 Å². The van der Waals surface area contributed by atoms with Crippen molar-refractivity contribution < 1.29 is 0 Å². The van der Waals surface area contributed by atoms with Crippen LogP contribution in [0.3, 0.4) is 0 Å². The van der Waals surface area contributed by atoms with E-state index in [-0.39, 0.29) is 0 Å². The van der Waals surface area contributed by atoms with E-state index < -0.39 is 0 Å². The van der Waals surface area contributed by atoms with Crippen LogP contribution in [0.1, 0.15) is 32.0 Å². The number of hydrogen-bond acceptors (Lipinski definition) is 2. The predicted octanol–water partition coefficient (Wildman–Crippen LogP) is 3.78. The summed E-state index contributed by atoms with van der Waals surface area (Å²) in [7, 11) is 0. The first-order valence-electron chi connectivity index (χ1n) is 4.83. The van der Waals surface area contributed by atoms with Gasteiger partial charge in [-0.1, -0.05) is 37.0 Å². The fraction of sp³-hybridized carbons (Fsp3) is 0.400. The van der Waals surface area contributed by atoms with E-state index >= 15 is 0 Å². The molecule has 0 fully saturated rings. The molecule has 0 spiro atoms. The Morgan fingerprint density at radius 2 is 2.13 bits per heavy atom. The zero-order valence-electron chi connectivity index (χ0n) is 8.51. The second-order valence-electron chi connectivity index (χ2n) is 3.56. The second kappa shape index (κ2) is 3.99. The van der Waals surface area contributed by atoms with Crippen molar-refractivity contribution >= 4 is 34.4 Å². The Labute approximate surface area is 97.8 Å². The first-order valence-corrected chi connectivity index (χ1v) is 5.59. The molecule has 0 aromatic carbocycles. The molecule has 2 heterocycles. The van der Waals surface area contributed by atoms with Gasteiger partial charge in [0.05, 0.1) is 10.5 Å². The largest absolute Gasteiger partial charge is 0.340 e. The summed E-state index contributed by atoms with van der Waals surface area (Å²) >= 11 is 11.7. The van der Waals surface area contributed by atoms with Gasteiger partial charge in [-0.3, -0.25) is 0 Å². The van der Waals surface area contributed by atoms with Crippen molar-refractivity contribution in [1.29, 1.82) is 0 Å². The van der Waals surface area contributed by atoms with Gasteiger partial charge in [0, 0.05) is 5.92 Å². The molecule has 15 heavy (non-hydrogen) atoms. The predicted molar refractivity (Wildman–Crippen MR) is 62.6 cm³/mol. The molecular formula is C10H11Cl2N3. The molecule has 2 aromatic heterocycles. The quantitative estimate of drug-likeness (QED) is 0.816. The lowest BCUT2D eigenvalue weighted by atomic mass is 10.1. The van der Waals surface area contributed by atoms with Crippen molar-refractivity contribution in [3.63, 3.8) is 0 Å². The van der Waals surface area contributed by atoms with Gasteiger partial charge in [0.2, 0.25) is 0 Å². The maximum absolute atomic E-state index is 5.87. The third-order valence-electron chi connectivity index (χ3n) is 2.48. The molecular weight excluding hydrogens is 233 g/mol. The average molecular weight is 244 g/mol. The van der Waals surface area contributed by atoms with Crippen LogP contribution in [-0.2, 0) is 0 Å². The van der Waals surface area contributed by atoms with E-state index in [4.69, 9.17) is 23.2 Å². The highest BCUT2D eigenvalue weighted by Crippen LogP contribution is 2.25. The number of aromatic nitrogens is 3. The number of aromatic amines is 1. The lowest BCUT2D eigenvalue weighted by molar-refractivity contribution is 0.691. The highest BCUT2D eigenvalue weighted by atomic mass is 35.5. The Kier molecular flexibility index (Phi) is 2.85. The third kappa shape index (κ3) is 1.94. The zero-order chi connectivity index (χ0) is 11.0. The van der Waals surface area contributed by atoms with Crippen LogP contribution in [0, 0.1) is 0 Å². The van der Waals surface area contributed by atoms with E-state index in [2.05, 4.69) is 28.8 Å². The van der Waals surface area contributed by atoms with Crippen molar-refractivity contribution in [3.05, 3.63) is 22.1 Å². The molecule has 0 aliphatic heterocycles. The van der Waals surface area contributed by atoms with E-state index in [9.17, 15) is 0 Å². The number of rotatable bonds is 2. The summed E-state index contributed by atoms with van der Waals surface area (Å²) in [6, 6.07) is 1.76. The highest BCUT2D eigenvalue weighted by Gasteiger charge is 2.11. The molecule has 3 nitrogen and oxygen atoms in total. The van der Waals surface area contributed by atoms with Crippen LogP contribution in [-0.4, -0.2) is 15.0 Å². The Balaban J connectivity index is 2.56. The summed E-state index contributed by atoms with van der Waals surface area (Å²) < 4.78 is 0. The highest BCUT2D eigenvalue weighted by molar-refractivity contribution is 6.41. The third-order valence-corrected chi connectivity index (χ3v) is 3.15. The van der Waals surface area contributed by atoms with Crippen molar-refractivity contribution in [2.45, 2.75) is 26.2 Å². The van der Waals surface area contributed by atoms with E-state index in [0.717, 1.165) is 17.8 Å². The Morgan fingerprint density at radius 1 is 1.40 bits per heavy atom. The second-order valence-corrected chi connectivity index (χ2v) is 4.33. The minimum Gasteiger partial charge on any atom is -0.340 e. The Hall–Kier alpha value is -0.800. The monoisotopic (exact) mass is 243 g/mol. The molecule has 0 aliphatic carbocycles. The summed E-state index contributed by atoms with van der Waals surface area (Å²) in [5.41, 5.74) is 1.46. The number of nitrogens with one attached hydrogen (secondary N) is 1. The van der Waals surface area contributed by atoms with E-state index in [0.29, 0.717) is 21.7 Å². The molecule has 0 saturated carbocycles. The van der Waals surface area contributed by atoms with Gasteiger partial charge in [0.1, 0.15) is 11.0 Å². The lowest BCUT2D eigenvalue weighted by Gasteiger charge is -2.01. The minimum atomic E-state index is 0.298. The van der Waals surface area contributed by atoms with Gasteiger partial charge >= 0.3 is 0 Å². The van der Waals surface area contributed by atoms with Gasteiger partial charge in [-0.2, -0.15) is 0 Å². The van der Waals surface area contributed by atoms with Crippen LogP contribution < -0.4 is 0 Å². The van der Waals surface area contributed by atoms with Crippen LogP contribution in [0.25, 0.3) is 11.2 Å². The lowest BCUT2D eigenvalue weighted by Crippen LogP contribution is -1.93. The normalized spacial score (nSPS) is 13.3. The van der Waals surface area contributed by atoms with Gasteiger partial charge in [0.25, 0.3) is 0 Å². The average Bonchev–Trinajstić information content (AvgIpc) is 2.60.